The summed E-state index contributed by atoms with van der Waals surface area (Å²) in [5.74, 6) is 1.21. The Kier molecular flexibility index (Phi) is 6.37. The van der Waals surface area contributed by atoms with Crippen LogP contribution in [0.2, 0.25) is 0 Å². The molecule has 2 saturated heterocycles. The lowest BCUT2D eigenvalue weighted by Gasteiger charge is -2.45. The first-order chi connectivity index (χ1) is 16.1. The highest BCUT2D eigenvalue weighted by atomic mass is 16.2. The Balaban J connectivity index is 1.19. The summed E-state index contributed by atoms with van der Waals surface area (Å²) in [6.45, 7) is 9.12. The van der Waals surface area contributed by atoms with Crippen molar-refractivity contribution in [2.24, 2.45) is 0 Å². The van der Waals surface area contributed by atoms with Gasteiger partial charge in [-0.25, -0.2) is 4.98 Å². The number of rotatable bonds is 5. The monoisotopic (exact) mass is 447 g/mol. The highest BCUT2D eigenvalue weighted by Crippen LogP contribution is 2.47. The quantitative estimate of drug-likeness (QED) is 0.688. The molecule has 0 unspecified atom stereocenters. The summed E-state index contributed by atoms with van der Waals surface area (Å²) in [7, 11) is 0. The van der Waals surface area contributed by atoms with Crippen LogP contribution in [0.3, 0.4) is 0 Å². The summed E-state index contributed by atoms with van der Waals surface area (Å²) >= 11 is 0. The molecule has 0 aliphatic carbocycles. The number of piperidine rings is 2. The normalized spacial score (nSPS) is 20.9. The fourth-order valence-corrected chi connectivity index (χ4v) is 6.14. The number of carbonyl (C=O) groups excluding carboxylic acids is 1. The molecule has 1 aromatic heterocycles. The van der Waals surface area contributed by atoms with Crippen LogP contribution in [0.4, 0.5) is 11.5 Å². The first-order valence-corrected chi connectivity index (χ1v) is 12.8. The number of anilines is 2. The Morgan fingerprint density at radius 3 is 2.58 bits per heavy atom. The standard InChI is InChI=1S/C27H37N5O/c1-3-4-7-22-18-28-19-26(29-22)31-14-10-23(11-15-31)30-16-12-27(13-17-30)20-32(21(2)33)25-9-6-5-8-24(25)27/h5-6,8-9,18-19,23H,3-4,7,10-17,20H2,1-2H3. The van der Waals surface area contributed by atoms with Crippen molar-refractivity contribution in [1.82, 2.24) is 14.9 Å². The third-order valence-electron chi connectivity index (χ3n) is 8.13. The summed E-state index contributed by atoms with van der Waals surface area (Å²) in [6.07, 6.45) is 11.9. The van der Waals surface area contributed by atoms with Crippen LogP contribution in [0.25, 0.3) is 0 Å². The van der Waals surface area contributed by atoms with Crippen LogP contribution in [0.5, 0.6) is 0 Å². The molecule has 2 aromatic rings. The van der Waals surface area contributed by atoms with Crippen molar-refractivity contribution >= 4 is 17.4 Å². The van der Waals surface area contributed by atoms with Crippen LogP contribution in [0, 0.1) is 0 Å². The number of carbonyl (C=O) groups is 1. The molecule has 4 heterocycles. The van der Waals surface area contributed by atoms with E-state index in [-0.39, 0.29) is 11.3 Å². The summed E-state index contributed by atoms with van der Waals surface area (Å²) in [5, 5.41) is 0. The number of hydrogen-bond acceptors (Lipinski definition) is 5. The third-order valence-corrected chi connectivity index (χ3v) is 8.13. The summed E-state index contributed by atoms with van der Waals surface area (Å²) in [6, 6.07) is 9.21. The number of hydrogen-bond donors (Lipinski definition) is 0. The fraction of sp³-hybridized carbons (Fsp3) is 0.593. The van der Waals surface area contributed by atoms with Gasteiger partial charge in [-0.1, -0.05) is 31.5 Å². The molecule has 0 saturated carbocycles. The molecule has 0 N–H and O–H groups in total. The van der Waals surface area contributed by atoms with E-state index in [9.17, 15) is 4.79 Å². The summed E-state index contributed by atoms with van der Waals surface area (Å²) < 4.78 is 0. The second-order valence-corrected chi connectivity index (χ2v) is 10.1. The molecular formula is C27H37N5O. The van der Waals surface area contributed by atoms with E-state index in [1.165, 1.54) is 31.2 Å². The lowest BCUT2D eigenvalue weighted by molar-refractivity contribution is -0.116. The van der Waals surface area contributed by atoms with Gasteiger partial charge < -0.3 is 14.7 Å². The van der Waals surface area contributed by atoms with E-state index >= 15 is 0 Å². The molecule has 33 heavy (non-hydrogen) atoms. The van der Waals surface area contributed by atoms with Gasteiger partial charge in [0.1, 0.15) is 5.82 Å². The van der Waals surface area contributed by atoms with Crippen LogP contribution in [-0.2, 0) is 16.6 Å². The third kappa shape index (κ3) is 4.37. The lowest BCUT2D eigenvalue weighted by atomic mass is 9.74. The second kappa shape index (κ2) is 9.41. The molecule has 1 amide bonds. The van der Waals surface area contributed by atoms with Crippen LogP contribution in [-0.4, -0.2) is 59.5 Å². The van der Waals surface area contributed by atoms with Gasteiger partial charge in [-0.05, 0) is 63.2 Å². The van der Waals surface area contributed by atoms with Crippen LogP contribution in [0.1, 0.15) is 63.6 Å². The van der Waals surface area contributed by atoms with Crippen molar-refractivity contribution in [3.8, 4) is 0 Å². The zero-order valence-electron chi connectivity index (χ0n) is 20.2. The molecular weight excluding hydrogens is 410 g/mol. The van der Waals surface area contributed by atoms with Crippen molar-refractivity contribution < 1.29 is 4.79 Å². The summed E-state index contributed by atoms with van der Waals surface area (Å²) in [5.41, 5.74) is 3.77. The average Bonchev–Trinajstić information content (AvgIpc) is 3.18. The molecule has 5 rings (SSSR count). The number of aryl methyl sites for hydroxylation is 1. The predicted molar refractivity (Wildman–Crippen MR) is 133 cm³/mol. The zero-order valence-corrected chi connectivity index (χ0v) is 20.2. The van der Waals surface area contributed by atoms with E-state index in [0.29, 0.717) is 6.04 Å². The van der Waals surface area contributed by atoms with E-state index in [0.717, 1.165) is 69.2 Å². The minimum absolute atomic E-state index is 0.133. The maximum atomic E-state index is 12.3. The Morgan fingerprint density at radius 2 is 1.85 bits per heavy atom. The van der Waals surface area contributed by atoms with Crippen molar-refractivity contribution in [3.63, 3.8) is 0 Å². The van der Waals surface area contributed by atoms with Gasteiger partial charge in [0.25, 0.3) is 0 Å². The maximum absolute atomic E-state index is 12.3. The molecule has 0 radical (unpaired) electrons. The molecule has 6 nitrogen and oxygen atoms in total. The van der Waals surface area contributed by atoms with Gasteiger partial charge in [0.2, 0.25) is 5.91 Å². The van der Waals surface area contributed by atoms with Gasteiger partial charge in [0.15, 0.2) is 0 Å². The van der Waals surface area contributed by atoms with Crippen LogP contribution < -0.4 is 9.80 Å². The van der Waals surface area contributed by atoms with Crippen LogP contribution >= 0.6 is 0 Å². The molecule has 6 heteroatoms. The molecule has 0 bridgehead atoms. The Labute approximate surface area is 198 Å². The van der Waals surface area contributed by atoms with Crippen molar-refractivity contribution in [2.75, 3.05) is 42.5 Å². The Morgan fingerprint density at radius 1 is 1.09 bits per heavy atom. The van der Waals surface area contributed by atoms with E-state index in [1.807, 2.05) is 17.3 Å². The number of nitrogens with zero attached hydrogens (tertiary/aromatic N) is 5. The van der Waals surface area contributed by atoms with Gasteiger partial charge in [-0.3, -0.25) is 9.78 Å². The van der Waals surface area contributed by atoms with Crippen molar-refractivity contribution in [1.29, 1.82) is 0 Å². The molecule has 3 aliphatic rings. The first kappa shape index (κ1) is 22.3. The highest BCUT2D eigenvalue weighted by Gasteiger charge is 2.46. The van der Waals surface area contributed by atoms with Gasteiger partial charge in [-0.2, -0.15) is 0 Å². The second-order valence-electron chi connectivity index (χ2n) is 10.1. The van der Waals surface area contributed by atoms with E-state index in [2.05, 4.69) is 46.0 Å². The fourth-order valence-electron chi connectivity index (χ4n) is 6.14. The van der Waals surface area contributed by atoms with Gasteiger partial charge in [0, 0.05) is 49.9 Å². The Hall–Kier alpha value is -2.47. The van der Waals surface area contributed by atoms with Crippen LogP contribution in [0.15, 0.2) is 36.7 Å². The number of amides is 1. The average molecular weight is 448 g/mol. The predicted octanol–water partition coefficient (Wildman–Crippen LogP) is 4.19. The van der Waals surface area contributed by atoms with Crippen molar-refractivity contribution in [3.05, 3.63) is 47.9 Å². The SMILES string of the molecule is CCCCc1cncc(N2CCC(N3CCC4(CC3)CN(C(C)=O)c3ccccc34)CC2)n1. The van der Waals surface area contributed by atoms with Gasteiger partial charge in [0.05, 0.1) is 11.9 Å². The van der Waals surface area contributed by atoms with E-state index in [4.69, 9.17) is 4.98 Å². The van der Waals surface area contributed by atoms with E-state index < -0.39 is 0 Å². The van der Waals surface area contributed by atoms with Gasteiger partial charge >= 0.3 is 0 Å². The number of para-hydroxylation sites is 1. The molecule has 0 atom stereocenters. The van der Waals surface area contributed by atoms with Crippen molar-refractivity contribution in [2.45, 2.75) is 70.3 Å². The molecule has 2 fully saturated rings. The summed E-state index contributed by atoms with van der Waals surface area (Å²) in [4.78, 5) is 28.7. The minimum Gasteiger partial charge on any atom is -0.355 e. The topological polar surface area (TPSA) is 52.6 Å². The number of likely N-dealkylation sites (tertiary alicyclic amines) is 1. The molecule has 176 valence electrons. The highest BCUT2D eigenvalue weighted by molar-refractivity contribution is 5.94. The number of benzene rings is 1. The number of unbranched alkanes of at least 4 members (excludes halogenated alkanes) is 1. The first-order valence-electron chi connectivity index (χ1n) is 12.8. The lowest BCUT2D eigenvalue weighted by Crippen LogP contribution is -2.52. The van der Waals surface area contributed by atoms with Gasteiger partial charge in [-0.15, -0.1) is 0 Å². The smallest absolute Gasteiger partial charge is 0.223 e. The zero-order chi connectivity index (χ0) is 22.8. The minimum atomic E-state index is 0.133. The largest absolute Gasteiger partial charge is 0.355 e. The molecule has 3 aliphatic heterocycles. The molecule has 1 spiro atoms. The number of fused-ring (bicyclic) bond motifs is 2. The van der Waals surface area contributed by atoms with E-state index in [1.54, 1.807) is 6.92 Å². The number of aromatic nitrogens is 2. The maximum Gasteiger partial charge on any atom is 0.223 e. The Bertz CT molecular complexity index is 976. The molecule has 1 aromatic carbocycles.